The molecular formula is C25H25N7O2. The first-order valence-corrected chi connectivity index (χ1v) is 11.0. The summed E-state index contributed by atoms with van der Waals surface area (Å²) in [5.74, 6) is 0.723. The molecular weight excluding hydrogens is 430 g/mol. The maximum atomic E-state index is 12.6. The minimum atomic E-state index is -0.195. The summed E-state index contributed by atoms with van der Waals surface area (Å²) in [7, 11) is 1.55. The number of para-hydroxylation sites is 1. The maximum Gasteiger partial charge on any atom is 0.255 e. The molecule has 0 saturated heterocycles. The van der Waals surface area contributed by atoms with Crippen LogP contribution in [0.4, 0.5) is 5.82 Å². The summed E-state index contributed by atoms with van der Waals surface area (Å²) in [4.78, 5) is 21.2. The van der Waals surface area contributed by atoms with Gasteiger partial charge in [0.25, 0.3) is 5.91 Å². The summed E-state index contributed by atoms with van der Waals surface area (Å²) in [6.45, 7) is 0.377. The molecule has 34 heavy (non-hydrogen) atoms. The van der Waals surface area contributed by atoms with E-state index in [9.17, 15) is 4.79 Å². The van der Waals surface area contributed by atoms with Gasteiger partial charge in [-0.05, 0) is 24.1 Å². The Bertz CT molecular complexity index is 1380. The van der Waals surface area contributed by atoms with E-state index in [0.29, 0.717) is 40.4 Å². The second-order valence-corrected chi connectivity index (χ2v) is 8.18. The summed E-state index contributed by atoms with van der Waals surface area (Å²) < 4.78 is 7.14. The SMILES string of the molecule is COc1ccccc1C(=O)NCc1ccc(-c2nn(C3C=CC(N)C3)c3ncnc(N)c23)cc1. The van der Waals surface area contributed by atoms with Crippen molar-refractivity contribution in [1.29, 1.82) is 0 Å². The fraction of sp³-hybridized carbons (Fsp3) is 0.200. The molecule has 2 unspecified atom stereocenters. The number of allylic oxidation sites excluding steroid dienone is 1. The van der Waals surface area contributed by atoms with Crippen molar-refractivity contribution in [1.82, 2.24) is 25.1 Å². The summed E-state index contributed by atoms with van der Waals surface area (Å²) in [5, 5.41) is 8.49. The van der Waals surface area contributed by atoms with E-state index in [0.717, 1.165) is 17.5 Å². The predicted octanol–water partition coefficient (Wildman–Crippen LogP) is 2.84. The predicted molar refractivity (Wildman–Crippen MR) is 130 cm³/mol. The standard InChI is InChI=1S/C25H25N7O2/c1-34-20-5-3-2-4-19(20)25(33)28-13-15-6-8-16(9-7-15)22-21-23(27)29-14-30-24(21)32(31-22)18-11-10-17(26)12-18/h2-11,14,17-18H,12-13,26H2,1H3,(H,28,33)(H2,27,29,30). The van der Waals surface area contributed by atoms with E-state index >= 15 is 0 Å². The number of amides is 1. The molecule has 2 aromatic heterocycles. The lowest BCUT2D eigenvalue weighted by atomic mass is 10.1. The number of anilines is 1. The number of aromatic nitrogens is 4. The van der Waals surface area contributed by atoms with Crippen LogP contribution < -0.4 is 21.5 Å². The second-order valence-electron chi connectivity index (χ2n) is 8.18. The number of nitrogens with one attached hydrogen (secondary N) is 1. The van der Waals surface area contributed by atoms with Crippen LogP contribution in [0, 0.1) is 0 Å². The number of carbonyl (C=O) groups is 1. The van der Waals surface area contributed by atoms with Gasteiger partial charge in [-0.25, -0.2) is 14.6 Å². The summed E-state index contributed by atoms with van der Waals surface area (Å²) in [6, 6.07) is 15.0. The number of hydrogen-bond donors (Lipinski definition) is 3. The Kier molecular flexibility index (Phi) is 5.69. The fourth-order valence-corrected chi connectivity index (χ4v) is 4.21. The molecule has 5 N–H and O–H groups in total. The summed E-state index contributed by atoms with van der Waals surface area (Å²) in [5.41, 5.74) is 16.0. The molecule has 9 nitrogen and oxygen atoms in total. The molecule has 2 heterocycles. The van der Waals surface area contributed by atoms with Crippen LogP contribution in [-0.4, -0.2) is 38.8 Å². The normalized spacial score (nSPS) is 17.2. The molecule has 1 amide bonds. The van der Waals surface area contributed by atoms with Crippen molar-refractivity contribution in [3.05, 3.63) is 78.1 Å². The van der Waals surface area contributed by atoms with Crippen LogP contribution in [0.3, 0.4) is 0 Å². The zero-order valence-electron chi connectivity index (χ0n) is 18.7. The van der Waals surface area contributed by atoms with Crippen LogP contribution in [0.25, 0.3) is 22.3 Å². The largest absolute Gasteiger partial charge is 0.496 e. The zero-order valence-corrected chi connectivity index (χ0v) is 18.7. The van der Waals surface area contributed by atoms with Gasteiger partial charge < -0.3 is 21.5 Å². The molecule has 0 fully saturated rings. The quantitative estimate of drug-likeness (QED) is 0.381. The lowest BCUT2D eigenvalue weighted by Gasteiger charge is -2.10. The topological polar surface area (TPSA) is 134 Å². The first-order chi connectivity index (χ1) is 16.5. The Labute approximate surface area is 196 Å². The molecule has 1 aliphatic rings. The van der Waals surface area contributed by atoms with Gasteiger partial charge in [0, 0.05) is 18.2 Å². The average molecular weight is 456 g/mol. The molecule has 172 valence electrons. The molecule has 2 atom stereocenters. The van der Waals surface area contributed by atoms with Crippen molar-refractivity contribution in [3.63, 3.8) is 0 Å². The van der Waals surface area contributed by atoms with Crippen LogP contribution in [0.1, 0.15) is 28.4 Å². The van der Waals surface area contributed by atoms with Gasteiger partial charge in [-0.1, -0.05) is 48.6 Å². The Morgan fingerprint density at radius 3 is 2.68 bits per heavy atom. The van der Waals surface area contributed by atoms with Gasteiger partial charge in [0.1, 0.15) is 23.6 Å². The molecule has 5 rings (SSSR count). The highest BCUT2D eigenvalue weighted by Gasteiger charge is 2.24. The lowest BCUT2D eigenvalue weighted by Crippen LogP contribution is -2.23. The third-order valence-electron chi connectivity index (χ3n) is 5.96. The third-order valence-corrected chi connectivity index (χ3v) is 5.96. The smallest absolute Gasteiger partial charge is 0.255 e. The molecule has 1 aliphatic carbocycles. The monoisotopic (exact) mass is 455 g/mol. The van der Waals surface area contributed by atoms with E-state index in [1.54, 1.807) is 25.3 Å². The van der Waals surface area contributed by atoms with Gasteiger partial charge in [0.05, 0.1) is 24.1 Å². The summed E-state index contributed by atoms with van der Waals surface area (Å²) >= 11 is 0. The van der Waals surface area contributed by atoms with Crippen molar-refractivity contribution in [2.24, 2.45) is 5.73 Å². The Morgan fingerprint density at radius 1 is 1.15 bits per heavy atom. The molecule has 0 radical (unpaired) electrons. The van der Waals surface area contributed by atoms with Gasteiger partial charge in [-0.3, -0.25) is 4.79 Å². The van der Waals surface area contributed by atoms with E-state index in [-0.39, 0.29) is 18.0 Å². The highest BCUT2D eigenvalue weighted by molar-refractivity contribution is 5.98. The van der Waals surface area contributed by atoms with Crippen LogP contribution in [-0.2, 0) is 6.54 Å². The van der Waals surface area contributed by atoms with Gasteiger partial charge in [0.2, 0.25) is 0 Å². The maximum absolute atomic E-state index is 12.6. The van der Waals surface area contributed by atoms with Crippen molar-refractivity contribution in [3.8, 4) is 17.0 Å². The number of rotatable bonds is 6. The number of methoxy groups -OCH3 is 1. The van der Waals surface area contributed by atoms with E-state index in [1.165, 1.54) is 6.33 Å². The molecule has 0 bridgehead atoms. The lowest BCUT2D eigenvalue weighted by molar-refractivity contribution is 0.0948. The third kappa shape index (κ3) is 3.97. The minimum Gasteiger partial charge on any atom is -0.496 e. The van der Waals surface area contributed by atoms with Crippen molar-refractivity contribution < 1.29 is 9.53 Å². The van der Waals surface area contributed by atoms with E-state index in [1.807, 2.05) is 47.2 Å². The van der Waals surface area contributed by atoms with Crippen molar-refractivity contribution in [2.75, 3.05) is 12.8 Å². The van der Waals surface area contributed by atoms with Crippen molar-refractivity contribution >= 4 is 22.8 Å². The van der Waals surface area contributed by atoms with Crippen LogP contribution in [0.2, 0.25) is 0 Å². The zero-order chi connectivity index (χ0) is 23.7. The number of nitrogens with two attached hydrogens (primary N) is 2. The van der Waals surface area contributed by atoms with Gasteiger partial charge in [-0.2, -0.15) is 5.10 Å². The number of carbonyl (C=O) groups excluding carboxylic acids is 1. The Balaban J connectivity index is 1.39. The Morgan fingerprint density at radius 2 is 1.94 bits per heavy atom. The van der Waals surface area contributed by atoms with Crippen LogP contribution in [0.5, 0.6) is 5.75 Å². The van der Waals surface area contributed by atoms with Gasteiger partial charge >= 0.3 is 0 Å². The highest BCUT2D eigenvalue weighted by Crippen LogP contribution is 2.34. The molecule has 9 heteroatoms. The molecule has 0 spiro atoms. The number of nitrogen functional groups attached to an aromatic ring is 1. The van der Waals surface area contributed by atoms with Crippen LogP contribution in [0.15, 0.2) is 67.0 Å². The number of benzene rings is 2. The van der Waals surface area contributed by atoms with Gasteiger partial charge in [-0.15, -0.1) is 0 Å². The van der Waals surface area contributed by atoms with E-state index < -0.39 is 0 Å². The van der Waals surface area contributed by atoms with E-state index in [4.69, 9.17) is 21.3 Å². The average Bonchev–Trinajstić information content (AvgIpc) is 3.47. The summed E-state index contributed by atoms with van der Waals surface area (Å²) in [6.07, 6.45) is 6.24. The number of fused-ring (bicyclic) bond motifs is 1. The number of hydrogen-bond acceptors (Lipinski definition) is 7. The fourth-order valence-electron chi connectivity index (χ4n) is 4.21. The van der Waals surface area contributed by atoms with Crippen LogP contribution >= 0.6 is 0 Å². The number of nitrogens with zero attached hydrogens (tertiary/aromatic N) is 4. The first kappa shape index (κ1) is 21.6. The molecule has 4 aromatic rings. The molecule has 2 aromatic carbocycles. The van der Waals surface area contributed by atoms with Crippen molar-refractivity contribution in [2.45, 2.75) is 25.0 Å². The number of ether oxygens (including phenoxy) is 1. The second kappa shape index (κ2) is 8.95. The first-order valence-electron chi connectivity index (χ1n) is 11.0. The minimum absolute atomic E-state index is 0.00256. The molecule has 0 saturated carbocycles. The Hall–Kier alpha value is -4.24. The highest BCUT2D eigenvalue weighted by atomic mass is 16.5. The molecule has 0 aliphatic heterocycles. The van der Waals surface area contributed by atoms with Gasteiger partial charge in [0.15, 0.2) is 5.65 Å². The van der Waals surface area contributed by atoms with E-state index in [2.05, 4.69) is 15.3 Å².